The third-order valence-corrected chi connectivity index (χ3v) is 4.80. The van der Waals surface area contributed by atoms with Gasteiger partial charge in [-0.25, -0.2) is 4.79 Å². The highest BCUT2D eigenvalue weighted by atomic mass is 16.2. The van der Waals surface area contributed by atoms with E-state index in [0.717, 1.165) is 35.7 Å². The molecule has 0 heterocycles. The normalized spacial score (nSPS) is 11.8. The highest BCUT2D eigenvalue weighted by Crippen LogP contribution is 2.19. The first-order valence-electron chi connectivity index (χ1n) is 9.88. The summed E-state index contributed by atoms with van der Waals surface area (Å²) in [5, 5.41) is 8.12. The summed E-state index contributed by atoms with van der Waals surface area (Å²) in [5.41, 5.74) is 0.779. The van der Waals surface area contributed by atoms with Gasteiger partial charge in [0.05, 0.1) is 0 Å². The van der Waals surface area contributed by atoms with Gasteiger partial charge >= 0.3 is 6.03 Å². The highest BCUT2D eigenvalue weighted by molar-refractivity contribution is 5.94. The molecule has 1 unspecified atom stereocenters. The maximum atomic E-state index is 12.4. The Bertz CT molecular complexity index is 760. The van der Waals surface area contributed by atoms with Crippen LogP contribution >= 0.6 is 0 Å². The van der Waals surface area contributed by atoms with Crippen LogP contribution in [0.15, 0.2) is 42.5 Å². The van der Waals surface area contributed by atoms with Gasteiger partial charge in [-0.2, -0.15) is 0 Å². The van der Waals surface area contributed by atoms with Crippen LogP contribution in [0.2, 0.25) is 0 Å². The van der Waals surface area contributed by atoms with E-state index in [1.54, 1.807) is 4.90 Å². The summed E-state index contributed by atoms with van der Waals surface area (Å²) in [4.78, 5) is 26.6. The van der Waals surface area contributed by atoms with Crippen molar-refractivity contribution in [2.45, 2.75) is 52.5 Å². The predicted octanol–water partition coefficient (Wildman–Crippen LogP) is 4.78. The molecule has 0 aliphatic rings. The van der Waals surface area contributed by atoms with Crippen LogP contribution in [0.3, 0.4) is 0 Å². The fraction of sp³-hybridized carbons (Fsp3) is 0.455. The molecule has 5 nitrogen and oxygen atoms in total. The summed E-state index contributed by atoms with van der Waals surface area (Å²) in [6, 6.07) is 13.9. The number of urea groups is 1. The lowest BCUT2D eigenvalue weighted by Crippen LogP contribution is -2.46. The van der Waals surface area contributed by atoms with Crippen molar-refractivity contribution < 1.29 is 9.59 Å². The predicted molar refractivity (Wildman–Crippen MR) is 112 cm³/mol. The third kappa shape index (κ3) is 6.27. The number of rotatable bonds is 9. The number of amides is 3. The zero-order valence-electron chi connectivity index (χ0n) is 16.6. The van der Waals surface area contributed by atoms with E-state index >= 15 is 0 Å². The standard InChI is InChI=1S/C22H31N3O2/c1-4-6-14-23-22(27)25(17(3)5-2)15-13-21(26)24-20-12-11-18-9-7-8-10-19(18)16-20/h7-12,16-17H,4-6,13-15H2,1-3H3,(H,23,27)(H,24,26). The highest BCUT2D eigenvalue weighted by Gasteiger charge is 2.19. The van der Waals surface area contributed by atoms with Gasteiger partial charge in [-0.3, -0.25) is 4.79 Å². The van der Waals surface area contributed by atoms with Crippen molar-refractivity contribution in [2.75, 3.05) is 18.4 Å². The number of nitrogens with zero attached hydrogens (tertiary/aromatic N) is 1. The second-order valence-electron chi connectivity index (χ2n) is 6.90. The Hall–Kier alpha value is -2.56. The van der Waals surface area contributed by atoms with Gasteiger partial charge < -0.3 is 15.5 Å². The van der Waals surface area contributed by atoms with E-state index < -0.39 is 0 Å². The number of benzene rings is 2. The van der Waals surface area contributed by atoms with Crippen molar-refractivity contribution >= 4 is 28.4 Å². The average molecular weight is 370 g/mol. The minimum absolute atomic E-state index is 0.0834. The monoisotopic (exact) mass is 369 g/mol. The van der Waals surface area contributed by atoms with Gasteiger partial charge in [0, 0.05) is 31.2 Å². The topological polar surface area (TPSA) is 61.4 Å². The summed E-state index contributed by atoms with van der Waals surface area (Å²) < 4.78 is 0. The summed E-state index contributed by atoms with van der Waals surface area (Å²) in [7, 11) is 0. The van der Waals surface area contributed by atoms with Crippen LogP contribution < -0.4 is 10.6 Å². The van der Waals surface area contributed by atoms with Gasteiger partial charge in [-0.15, -0.1) is 0 Å². The van der Waals surface area contributed by atoms with Gasteiger partial charge in [0.1, 0.15) is 0 Å². The van der Waals surface area contributed by atoms with Gasteiger partial charge in [0.2, 0.25) is 5.91 Å². The zero-order valence-corrected chi connectivity index (χ0v) is 16.6. The molecule has 146 valence electrons. The molecule has 0 saturated heterocycles. The van der Waals surface area contributed by atoms with Crippen molar-refractivity contribution in [1.29, 1.82) is 0 Å². The molecule has 27 heavy (non-hydrogen) atoms. The van der Waals surface area contributed by atoms with Crippen molar-refractivity contribution in [1.82, 2.24) is 10.2 Å². The zero-order chi connectivity index (χ0) is 19.6. The Balaban J connectivity index is 1.92. The number of unbranched alkanes of at least 4 members (excludes halogenated alkanes) is 1. The number of hydrogen-bond acceptors (Lipinski definition) is 2. The molecule has 2 aromatic rings. The molecule has 3 amide bonds. The van der Waals surface area contributed by atoms with Gasteiger partial charge in [-0.05, 0) is 42.7 Å². The van der Waals surface area contributed by atoms with E-state index in [9.17, 15) is 9.59 Å². The summed E-state index contributed by atoms with van der Waals surface area (Å²) in [6.07, 6.45) is 3.13. The maximum Gasteiger partial charge on any atom is 0.317 e. The Labute approximate surface area is 162 Å². The molecule has 0 aromatic heterocycles. The van der Waals surface area contributed by atoms with Gasteiger partial charge in [-0.1, -0.05) is 50.6 Å². The second-order valence-corrected chi connectivity index (χ2v) is 6.90. The Kier molecular flexibility index (Phi) is 8.11. The summed E-state index contributed by atoms with van der Waals surface area (Å²) in [5.74, 6) is -0.0834. The molecule has 2 N–H and O–H groups in total. The molecule has 0 spiro atoms. The quantitative estimate of drug-likeness (QED) is 0.625. The molecule has 2 aromatic carbocycles. The first-order valence-corrected chi connectivity index (χ1v) is 9.88. The minimum Gasteiger partial charge on any atom is -0.338 e. The molecule has 2 rings (SSSR count). The number of carbonyl (C=O) groups is 2. The van der Waals surface area contributed by atoms with Crippen molar-refractivity contribution in [2.24, 2.45) is 0 Å². The average Bonchev–Trinajstić information content (AvgIpc) is 2.68. The number of fused-ring (bicyclic) bond motifs is 1. The molecule has 0 aliphatic carbocycles. The summed E-state index contributed by atoms with van der Waals surface area (Å²) in [6.45, 7) is 7.24. The van der Waals surface area contributed by atoms with E-state index in [0.29, 0.717) is 13.1 Å². The van der Waals surface area contributed by atoms with Gasteiger partial charge in [0.15, 0.2) is 0 Å². The van der Waals surface area contributed by atoms with E-state index in [1.807, 2.05) is 56.3 Å². The van der Waals surface area contributed by atoms with Crippen LogP contribution in [0, 0.1) is 0 Å². The minimum atomic E-state index is -0.0868. The van der Waals surface area contributed by atoms with Crippen molar-refractivity contribution in [3.63, 3.8) is 0 Å². The summed E-state index contributed by atoms with van der Waals surface area (Å²) >= 11 is 0. The van der Waals surface area contributed by atoms with E-state index in [-0.39, 0.29) is 24.4 Å². The molecular weight excluding hydrogens is 338 g/mol. The molecule has 0 fully saturated rings. The smallest absolute Gasteiger partial charge is 0.317 e. The van der Waals surface area contributed by atoms with Gasteiger partial charge in [0.25, 0.3) is 0 Å². The lowest BCUT2D eigenvalue weighted by atomic mass is 10.1. The Morgan fingerprint density at radius 3 is 2.52 bits per heavy atom. The lowest BCUT2D eigenvalue weighted by molar-refractivity contribution is -0.116. The molecule has 0 aliphatic heterocycles. The van der Waals surface area contributed by atoms with Crippen molar-refractivity contribution in [3.05, 3.63) is 42.5 Å². The SMILES string of the molecule is CCCCNC(=O)N(CCC(=O)Nc1ccc2ccccc2c1)C(C)CC. The van der Waals surface area contributed by atoms with Crippen LogP contribution in [0.5, 0.6) is 0 Å². The van der Waals surface area contributed by atoms with E-state index in [2.05, 4.69) is 17.6 Å². The van der Waals surface area contributed by atoms with E-state index in [4.69, 9.17) is 0 Å². The first-order chi connectivity index (χ1) is 13.0. The maximum absolute atomic E-state index is 12.4. The molecule has 0 radical (unpaired) electrons. The molecular formula is C22H31N3O2. The van der Waals surface area contributed by atoms with Crippen molar-refractivity contribution in [3.8, 4) is 0 Å². The third-order valence-electron chi connectivity index (χ3n) is 4.80. The Morgan fingerprint density at radius 1 is 1.07 bits per heavy atom. The lowest BCUT2D eigenvalue weighted by Gasteiger charge is -2.28. The molecule has 0 saturated carbocycles. The Morgan fingerprint density at radius 2 is 1.81 bits per heavy atom. The first kappa shape index (κ1) is 20.7. The second kappa shape index (κ2) is 10.6. The number of carbonyl (C=O) groups excluding carboxylic acids is 2. The largest absolute Gasteiger partial charge is 0.338 e. The fourth-order valence-corrected chi connectivity index (χ4v) is 2.93. The van der Waals surface area contributed by atoms with E-state index in [1.165, 1.54) is 0 Å². The molecule has 1 atom stereocenters. The van der Waals surface area contributed by atoms with Crippen LogP contribution in [0.25, 0.3) is 10.8 Å². The number of anilines is 1. The van der Waals surface area contributed by atoms with Crippen LogP contribution in [0.1, 0.15) is 46.5 Å². The van der Waals surface area contributed by atoms with Crippen LogP contribution in [-0.2, 0) is 4.79 Å². The number of hydrogen-bond donors (Lipinski definition) is 2. The van der Waals surface area contributed by atoms with Crippen LogP contribution in [-0.4, -0.2) is 36.0 Å². The van der Waals surface area contributed by atoms with Crippen LogP contribution in [0.4, 0.5) is 10.5 Å². The fourth-order valence-electron chi connectivity index (χ4n) is 2.93. The molecule has 5 heteroatoms. The number of nitrogens with one attached hydrogen (secondary N) is 2. The molecule has 0 bridgehead atoms.